The van der Waals surface area contributed by atoms with Crippen LogP contribution >= 0.6 is 0 Å². The van der Waals surface area contributed by atoms with Gasteiger partial charge in [0.15, 0.2) is 0 Å². The molecule has 1 saturated heterocycles. The fraction of sp³-hybridized carbons (Fsp3) is 0.625. The van der Waals surface area contributed by atoms with Crippen molar-refractivity contribution in [2.24, 2.45) is 5.92 Å². The average Bonchev–Trinajstić information content (AvgIpc) is 3.24. The molecule has 3 heteroatoms. The van der Waals surface area contributed by atoms with Gasteiger partial charge in [0.2, 0.25) is 0 Å². The highest BCUT2D eigenvalue weighted by molar-refractivity contribution is 5.17. The van der Waals surface area contributed by atoms with E-state index in [-0.39, 0.29) is 5.82 Å². The first-order valence-electron chi connectivity index (χ1n) is 7.52. The van der Waals surface area contributed by atoms with Gasteiger partial charge in [-0.05, 0) is 56.3 Å². The molecule has 1 saturated carbocycles. The lowest BCUT2D eigenvalue weighted by Crippen LogP contribution is -2.39. The lowest BCUT2D eigenvalue weighted by molar-refractivity contribution is 0.260. The summed E-state index contributed by atoms with van der Waals surface area (Å²) in [5, 5.41) is 3.67. The van der Waals surface area contributed by atoms with Crippen molar-refractivity contribution in [1.29, 1.82) is 0 Å². The minimum atomic E-state index is -0.0609. The monoisotopic (exact) mass is 262 g/mol. The van der Waals surface area contributed by atoms with Gasteiger partial charge >= 0.3 is 0 Å². The molecule has 3 rings (SSSR count). The summed E-state index contributed by atoms with van der Waals surface area (Å²) in [4.78, 5) is 2.51. The van der Waals surface area contributed by atoms with Crippen LogP contribution < -0.4 is 5.32 Å². The van der Waals surface area contributed by atoms with Crippen molar-refractivity contribution >= 4 is 0 Å². The van der Waals surface area contributed by atoms with Gasteiger partial charge in [0.05, 0.1) is 0 Å². The molecule has 0 bridgehead atoms. The number of nitrogens with zero attached hydrogens (tertiary/aromatic N) is 1. The van der Waals surface area contributed by atoms with Crippen molar-refractivity contribution < 1.29 is 4.39 Å². The van der Waals surface area contributed by atoms with Gasteiger partial charge in [0.1, 0.15) is 5.82 Å². The third-order valence-corrected chi connectivity index (χ3v) is 4.36. The van der Waals surface area contributed by atoms with E-state index in [9.17, 15) is 4.39 Å². The molecule has 1 atom stereocenters. The van der Waals surface area contributed by atoms with Crippen LogP contribution in [-0.2, 0) is 6.42 Å². The molecule has 2 aliphatic rings. The predicted octanol–water partition coefficient (Wildman–Crippen LogP) is 2.44. The van der Waals surface area contributed by atoms with Crippen LogP contribution in [0, 0.1) is 11.7 Å². The molecule has 1 aliphatic carbocycles. The van der Waals surface area contributed by atoms with Crippen molar-refractivity contribution in [3.05, 3.63) is 35.6 Å². The van der Waals surface area contributed by atoms with Crippen molar-refractivity contribution in [2.75, 3.05) is 26.2 Å². The van der Waals surface area contributed by atoms with E-state index < -0.39 is 0 Å². The highest BCUT2D eigenvalue weighted by atomic mass is 19.1. The quantitative estimate of drug-likeness (QED) is 0.896. The summed E-state index contributed by atoms with van der Waals surface area (Å²) < 4.78 is 13.6. The molecule has 0 aromatic heterocycles. The third kappa shape index (κ3) is 3.54. The fourth-order valence-electron chi connectivity index (χ4n) is 3.02. The van der Waals surface area contributed by atoms with Gasteiger partial charge < -0.3 is 10.2 Å². The van der Waals surface area contributed by atoms with E-state index in [1.165, 1.54) is 19.3 Å². The largest absolute Gasteiger partial charge is 0.312 e. The van der Waals surface area contributed by atoms with Crippen LogP contribution in [0.2, 0.25) is 0 Å². The van der Waals surface area contributed by atoms with Crippen LogP contribution in [0.5, 0.6) is 0 Å². The molecular weight excluding hydrogens is 239 g/mol. The second-order valence-electron chi connectivity index (χ2n) is 5.89. The summed E-state index contributed by atoms with van der Waals surface area (Å²) in [6.45, 7) is 4.40. The lowest BCUT2D eigenvalue weighted by Gasteiger charge is -2.24. The van der Waals surface area contributed by atoms with Crippen molar-refractivity contribution in [1.82, 2.24) is 10.2 Å². The molecule has 0 amide bonds. The Labute approximate surface area is 115 Å². The molecule has 1 aromatic rings. The summed E-state index contributed by atoms with van der Waals surface area (Å²) in [6.07, 6.45) is 4.81. The molecule has 1 unspecified atom stereocenters. The second kappa shape index (κ2) is 6.02. The first-order valence-corrected chi connectivity index (χ1v) is 7.52. The van der Waals surface area contributed by atoms with E-state index in [4.69, 9.17) is 0 Å². The normalized spacial score (nSPS) is 25.2. The topological polar surface area (TPSA) is 15.3 Å². The van der Waals surface area contributed by atoms with Crippen molar-refractivity contribution in [2.45, 2.75) is 31.7 Å². The summed E-state index contributed by atoms with van der Waals surface area (Å²) >= 11 is 0. The number of nitrogens with one attached hydrogen (secondary N) is 1. The summed E-state index contributed by atoms with van der Waals surface area (Å²) in [6, 6.07) is 7.83. The fourth-order valence-corrected chi connectivity index (χ4v) is 3.02. The maximum atomic E-state index is 13.6. The van der Waals surface area contributed by atoms with Crippen LogP contribution in [0.1, 0.15) is 24.8 Å². The van der Waals surface area contributed by atoms with E-state index in [1.807, 2.05) is 12.1 Å². The third-order valence-electron chi connectivity index (χ3n) is 4.36. The molecule has 0 radical (unpaired) electrons. The molecule has 2 fully saturated rings. The van der Waals surface area contributed by atoms with Crippen LogP contribution in [0.25, 0.3) is 0 Å². The van der Waals surface area contributed by atoms with E-state index in [1.54, 1.807) is 12.1 Å². The van der Waals surface area contributed by atoms with Crippen LogP contribution in [0.3, 0.4) is 0 Å². The minimum Gasteiger partial charge on any atom is -0.312 e. The Kier molecular flexibility index (Phi) is 4.14. The first kappa shape index (κ1) is 13.1. The highest BCUT2D eigenvalue weighted by Crippen LogP contribution is 2.33. The van der Waals surface area contributed by atoms with Gasteiger partial charge in [-0.2, -0.15) is 0 Å². The molecule has 1 heterocycles. The zero-order chi connectivity index (χ0) is 13.1. The lowest BCUT2D eigenvalue weighted by atomic mass is 10.1. The molecule has 1 aliphatic heterocycles. The van der Waals surface area contributed by atoms with Gasteiger partial charge in [-0.25, -0.2) is 4.39 Å². The maximum absolute atomic E-state index is 13.6. The van der Waals surface area contributed by atoms with Gasteiger partial charge in [-0.3, -0.25) is 0 Å². The summed E-state index contributed by atoms with van der Waals surface area (Å²) in [5.74, 6) is 0.836. The summed E-state index contributed by atoms with van der Waals surface area (Å²) in [5.41, 5.74) is 0.850. The Hall–Kier alpha value is -0.930. The smallest absolute Gasteiger partial charge is 0.126 e. The standard InChI is InChI=1S/C16H23FN2/c17-15-5-2-1-4-13(15)8-11-19-10-3-9-18-16(12-19)14-6-7-14/h1-2,4-5,14,16,18H,3,6-12H2. The molecule has 19 heavy (non-hydrogen) atoms. The Morgan fingerprint density at radius 2 is 2.11 bits per heavy atom. The van der Waals surface area contributed by atoms with Gasteiger partial charge in [-0.15, -0.1) is 0 Å². The van der Waals surface area contributed by atoms with E-state index in [0.29, 0.717) is 6.04 Å². The molecule has 104 valence electrons. The molecule has 1 aromatic carbocycles. The maximum Gasteiger partial charge on any atom is 0.126 e. The van der Waals surface area contributed by atoms with Crippen LogP contribution in [0.15, 0.2) is 24.3 Å². The number of halogens is 1. The van der Waals surface area contributed by atoms with Gasteiger partial charge in [-0.1, -0.05) is 18.2 Å². The molecule has 1 N–H and O–H groups in total. The second-order valence-corrected chi connectivity index (χ2v) is 5.89. The van der Waals surface area contributed by atoms with Gasteiger partial charge in [0, 0.05) is 19.1 Å². The Morgan fingerprint density at radius 3 is 2.89 bits per heavy atom. The minimum absolute atomic E-state index is 0.0609. The predicted molar refractivity (Wildman–Crippen MR) is 75.7 cm³/mol. The Bertz CT molecular complexity index is 417. The van der Waals surface area contributed by atoms with Gasteiger partial charge in [0.25, 0.3) is 0 Å². The Balaban J connectivity index is 1.54. The zero-order valence-corrected chi connectivity index (χ0v) is 11.4. The Morgan fingerprint density at radius 1 is 1.26 bits per heavy atom. The SMILES string of the molecule is Fc1ccccc1CCN1CCCNC(C2CC2)C1. The zero-order valence-electron chi connectivity index (χ0n) is 11.4. The highest BCUT2D eigenvalue weighted by Gasteiger charge is 2.32. The number of hydrogen-bond donors (Lipinski definition) is 1. The molecule has 2 nitrogen and oxygen atoms in total. The number of benzene rings is 1. The van der Waals surface area contributed by atoms with Crippen LogP contribution in [0.4, 0.5) is 4.39 Å². The van der Waals surface area contributed by atoms with Crippen molar-refractivity contribution in [3.63, 3.8) is 0 Å². The van der Waals surface area contributed by atoms with E-state index in [0.717, 1.165) is 44.1 Å². The average molecular weight is 262 g/mol. The van der Waals surface area contributed by atoms with Crippen LogP contribution in [-0.4, -0.2) is 37.1 Å². The van der Waals surface area contributed by atoms with Crippen molar-refractivity contribution in [3.8, 4) is 0 Å². The number of rotatable bonds is 4. The number of hydrogen-bond acceptors (Lipinski definition) is 2. The molecular formula is C16H23FN2. The van der Waals surface area contributed by atoms with E-state index >= 15 is 0 Å². The summed E-state index contributed by atoms with van der Waals surface area (Å²) in [7, 11) is 0. The molecule has 0 spiro atoms. The van der Waals surface area contributed by atoms with E-state index in [2.05, 4.69) is 10.2 Å². The first-order chi connectivity index (χ1) is 9.33.